The van der Waals surface area contributed by atoms with E-state index in [0.717, 1.165) is 24.8 Å². The van der Waals surface area contributed by atoms with Crippen molar-refractivity contribution in [1.29, 1.82) is 0 Å². The highest BCUT2D eigenvalue weighted by molar-refractivity contribution is 7.84. The van der Waals surface area contributed by atoms with Crippen molar-refractivity contribution in [3.05, 3.63) is 0 Å². The molecular weight excluding hydrogens is 206 g/mol. The van der Waals surface area contributed by atoms with Crippen LogP contribution in [0.25, 0.3) is 0 Å². The molecule has 1 rings (SSSR count). The Hall–Kier alpha value is 0.110. The van der Waals surface area contributed by atoms with Crippen molar-refractivity contribution >= 4 is 10.8 Å². The van der Waals surface area contributed by atoms with Crippen LogP contribution in [-0.4, -0.2) is 28.8 Å². The van der Waals surface area contributed by atoms with Crippen molar-refractivity contribution in [2.75, 3.05) is 18.6 Å². The molecule has 0 bridgehead atoms. The quantitative estimate of drug-likeness (QED) is 0.736. The topological polar surface area (TPSA) is 29.1 Å². The Morgan fingerprint density at radius 1 is 1.13 bits per heavy atom. The summed E-state index contributed by atoms with van der Waals surface area (Å²) in [5.41, 5.74) is 0. The molecule has 1 saturated carbocycles. The maximum Gasteiger partial charge on any atom is 0.0244 e. The highest BCUT2D eigenvalue weighted by Crippen LogP contribution is 2.16. The largest absolute Gasteiger partial charge is 0.314 e. The van der Waals surface area contributed by atoms with Crippen LogP contribution in [0.4, 0.5) is 0 Å². The SMILES string of the molecule is CS(=O)CCCNC1CCCCCCC1. The summed E-state index contributed by atoms with van der Waals surface area (Å²) < 4.78 is 10.9. The average Bonchev–Trinajstić information content (AvgIpc) is 2.14. The van der Waals surface area contributed by atoms with Crippen molar-refractivity contribution in [3.63, 3.8) is 0 Å². The molecule has 0 saturated heterocycles. The van der Waals surface area contributed by atoms with Crippen LogP contribution in [0.5, 0.6) is 0 Å². The molecule has 1 atom stereocenters. The lowest BCUT2D eigenvalue weighted by Gasteiger charge is -2.20. The maximum absolute atomic E-state index is 10.9. The minimum Gasteiger partial charge on any atom is -0.314 e. The lowest BCUT2D eigenvalue weighted by molar-refractivity contribution is 0.391. The molecule has 0 aromatic carbocycles. The monoisotopic (exact) mass is 231 g/mol. The van der Waals surface area contributed by atoms with E-state index in [1.807, 2.05) is 0 Å². The fourth-order valence-corrected chi connectivity index (χ4v) is 2.79. The molecule has 1 aliphatic carbocycles. The summed E-state index contributed by atoms with van der Waals surface area (Å²) in [4.78, 5) is 0. The van der Waals surface area contributed by atoms with E-state index in [4.69, 9.17) is 0 Å². The Bertz CT molecular complexity index is 176. The first kappa shape index (κ1) is 13.2. The van der Waals surface area contributed by atoms with Crippen molar-refractivity contribution in [2.45, 2.75) is 57.4 Å². The molecule has 1 N–H and O–H groups in total. The van der Waals surface area contributed by atoms with E-state index in [1.165, 1.54) is 44.9 Å². The van der Waals surface area contributed by atoms with Gasteiger partial charge in [-0.15, -0.1) is 0 Å². The molecule has 1 aliphatic rings. The van der Waals surface area contributed by atoms with Crippen LogP contribution >= 0.6 is 0 Å². The number of nitrogens with one attached hydrogen (secondary N) is 1. The van der Waals surface area contributed by atoms with Crippen LogP contribution in [-0.2, 0) is 10.8 Å². The van der Waals surface area contributed by atoms with Crippen LogP contribution in [0.2, 0.25) is 0 Å². The lowest BCUT2D eigenvalue weighted by Crippen LogP contribution is -2.31. The maximum atomic E-state index is 10.9. The Balaban J connectivity index is 2.04. The molecule has 0 aromatic rings. The summed E-state index contributed by atoms with van der Waals surface area (Å²) in [6.07, 6.45) is 12.6. The standard InChI is InChI=1S/C12H25NOS/c1-15(14)11-7-10-13-12-8-5-3-2-4-6-9-12/h12-13H,2-11H2,1H3. The third kappa shape index (κ3) is 7.07. The molecule has 0 spiro atoms. The van der Waals surface area contributed by atoms with Crippen molar-refractivity contribution in [3.8, 4) is 0 Å². The van der Waals surface area contributed by atoms with Crippen LogP contribution in [0.15, 0.2) is 0 Å². The Morgan fingerprint density at radius 2 is 1.73 bits per heavy atom. The zero-order valence-corrected chi connectivity index (χ0v) is 10.8. The van der Waals surface area contributed by atoms with E-state index >= 15 is 0 Å². The van der Waals surface area contributed by atoms with Crippen molar-refractivity contribution in [2.24, 2.45) is 0 Å². The molecule has 0 radical (unpaired) electrons. The minimum absolute atomic E-state index is 0.618. The van der Waals surface area contributed by atoms with Crippen molar-refractivity contribution < 1.29 is 4.21 Å². The van der Waals surface area contributed by atoms with Crippen LogP contribution in [0.3, 0.4) is 0 Å². The second kappa shape index (κ2) is 8.28. The van der Waals surface area contributed by atoms with Gasteiger partial charge in [-0.3, -0.25) is 4.21 Å². The van der Waals surface area contributed by atoms with Gasteiger partial charge in [-0.2, -0.15) is 0 Å². The van der Waals surface area contributed by atoms with Gasteiger partial charge in [0.2, 0.25) is 0 Å². The van der Waals surface area contributed by atoms with Gasteiger partial charge in [0, 0.05) is 28.9 Å². The van der Waals surface area contributed by atoms with E-state index in [0.29, 0.717) is 0 Å². The van der Waals surface area contributed by atoms with Gasteiger partial charge in [0.25, 0.3) is 0 Å². The molecule has 2 nitrogen and oxygen atoms in total. The van der Waals surface area contributed by atoms with Crippen LogP contribution < -0.4 is 5.32 Å². The van der Waals surface area contributed by atoms with Gasteiger partial charge >= 0.3 is 0 Å². The smallest absolute Gasteiger partial charge is 0.0244 e. The Labute approximate surface area is 96.7 Å². The fraction of sp³-hybridized carbons (Fsp3) is 1.00. The first-order valence-electron chi connectivity index (χ1n) is 6.32. The number of rotatable bonds is 5. The highest BCUT2D eigenvalue weighted by atomic mass is 32.2. The molecule has 0 aliphatic heterocycles. The predicted molar refractivity (Wildman–Crippen MR) is 67.7 cm³/mol. The molecular formula is C12H25NOS. The molecule has 90 valence electrons. The highest BCUT2D eigenvalue weighted by Gasteiger charge is 2.09. The Morgan fingerprint density at radius 3 is 2.33 bits per heavy atom. The minimum atomic E-state index is -0.618. The second-order valence-corrected chi connectivity index (χ2v) is 6.18. The van der Waals surface area contributed by atoms with E-state index in [1.54, 1.807) is 6.26 Å². The van der Waals surface area contributed by atoms with Gasteiger partial charge in [0.1, 0.15) is 0 Å². The first-order valence-corrected chi connectivity index (χ1v) is 8.05. The Kier molecular flexibility index (Phi) is 7.28. The molecule has 0 heterocycles. The van der Waals surface area contributed by atoms with E-state index in [2.05, 4.69) is 5.32 Å². The normalized spacial score (nSPS) is 21.9. The van der Waals surface area contributed by atoms with Gasteiger partial charge in [-0.05, 0) is 25.8 Å². The lowest BCUT2D eigenvalue weighted by atomic mass is 9.97. The third-order valence-electron chi connectivity index (χ3n) is 3.15. The number of hydrogen-bond donors (Lipinski definition) is 1. The van der Waals surface area contributed by atoms with Crippen molar-refractivity contribution in [1.82, 2.24) is 5.32 Å². The third-order valence-corrected chi connectivity index (χ3v) is 4.01. The summed E-state index contributed by atoms with van der Waals surface area (Å²) >= 11 is 0. The zero-order valence-electron chi connectivity index (χ0n) is 9.96. The molecule has 0 amide bonds. The summed E-state index contributed by atoms with van der Waals surface area (Å²) in [6.45, 7) is 1.05. The van der Waals surface area contributed by atoms with E-state index in [-0.39, 0.29) is 0 Å². The van der Waals surface area contributed by atoms with Gasteiger partial charge < -0.3 is 5.32 Å². The summed E-state index contributed by atoms with van der Waals surface area (Å²) in [5.74, 6) is 0.847. The van der Waals surface area contributed by atoms with Gasteiger partial charge in [0.05, 0.1) is 0 Å². The average molecular weight is 231 g/mol. The van der Waals surface area contributed by atoms with Crippen LogP contribution in [0, 0.1) is 0 Å². The van der Waals surface area contributed by atoms with Gasteiger partial charge in [-0.1, -0.05) is 32.1 Å². The van der Waals surface area contributed by atoms with E-state index < -0.39 is 10.8 Å². The number of hydrogen-bond acceptors (Lipinski definition) is 2. The predicted octanol–water partition coefficient (Wildman–Crippen LogP) is 2.46. The zero-order chi connectivity index (χ0) is 10.9. The summed E-state index contributed by atoms with van der Waals surface area (Å²) in [7, 11) is -0.618. The van der Waals surface area contributed by atoms with Gasteiger partial charge in [-0.25, -0.2) is 0 Å². The molecule has 1 unspecified atom stereocenters. The second-order valence-electron chi connectivity index (χ2n) is 4.63. The first-order chi connectivity index (χ1) is 7.29. The van der Waals surface area contributed by atoms with Crippen LogP contribution in [0.1, 0.15) is 51.4 Å². The molecule has 0 aromatic heterocycles. The summed E-state index contributed by atoms with van der Waals surface area (Å²) in [6, 6.07) is 0.732. The fourth-order valence-electron chi connectivity index (χ4n) is 2.24. The molecule has 15 heavy (non-hydrogen) atoms. The van der Waals surface area contributed by atoms with E-state index in [9.17, 15) is 4.21 Å². The summed E-state index contributed by atoms with van der Waals surface area (Å²) in [5, 5.41) is 3.61. The van der Waals surface area contributed by atoms with Gasteiger partial charge in [0.15, 0.2) is 0 Å². The molecule has 1 fully saturated rings. The molecule has 3 heteroatoms.